The maximum absolute atomic E-state index is 10.6. The molecule has 1 amide bonds. The molecule has 0 bridgehead atoms. The number of amides is 1. The fourth-order valence-corrected chi connectivity index (χ4v) is 0.905. The third kappa shape index (κ3) is 2.59. The van der Waals surface area contributed by atoms with E-state index in [-0.39, 0.29) is 5.91 Å². The molecule has 1 aromatic rings. The Balaban J connectivity index is 2.79. The Morgan fingerprint density at radius 3 is 3.00 bits per heavy atom. The Bertz CT molecular complexity index is 275. The van der Waals surface area contributed by atoms with Crippen LogP contribution >= 0.6 is 12.6 Å². The number of carbonyl (C=O) groups is 1. The van der Waals surface area contributed by atoms with Gasteiger partial charge in [-0.15, -0.1) is 12.6 Å². The van der Waals surface area contributed by atoms with Gasteiger partial charge in [-0.3, -0.25) is 9.78 Å². The summed E-state index contributed by atoms with van der Waals surface area (Å²) >= 11 is 4.01. The Hall–Kier alpha value is -1.03. The van der Waals surface area contributed by atoms with Gasteiger partial charge in [0.1, 0.15) is 0 Å². The molecule has 0 atom stereocenters. The molecule has 0 aliphatic heterocycles. The Morgan fingerprint density at radius 1 is 1.73 bits per heavy atom. The lowest BCUT2D eigenvalue weighted by Gasteiger charge is -2.00. The van der Waals surface area contributed by atoms with Gasteiger partial charge in [0.15, 0.2) is 0 Å². The third-order valence-corrected chi connectivity index (χ3v) is 1.31. The van der Waals surface area contributed by atoms with Crippen molar-refractivity contribution in [1.82, 2.24) is 4.98 Å². The molecule has 0 saturated carbocycles. The molecule has 58 valence electrons. The monoisotopic (exact) mass is 168 g/mol. The number of thiol groups is 1. The number of rotatable bonds is 1. The molecule has 1 N–H and O–H groups in total. The van der Waals surface area contributed by atoms with Gasteiger partial charge in [0.2, 0.25) is 5.91 Å². The molecule has 0 aliphatic rings. The molecule has 1 aromatic heterocycles. The summed E-state index contributed by atoms with van der Waals surface area (Å²) in [4.78, 5) is 14.4. The van der Waals surface area contributed by atoms with Crippen molar-refractivity contribution in [3.63, 3.8) is 0 Å². The van der Waals surface area contributed by atoms with Crippen LogP contribution in [0.5, 0.6) is 0 Å². The van der Waals surface area contributed by atoms with E-state index < -0.39 is 0 Å². The highest BCUT2D eigenvalue weighted by Gasteiger charge is 1.94. The van der Waals surface area contributed by atoms with Gasteiger partial charge in [0.25, 0.3) is 0 Å². The number of anilines is 1. The van der Waals surface area contributed by atoms with E-state index in [1.807, 2.05) is 0 Å². The quantitative estimate of drug-likeness (QED) is 0.621. The summed E-state index contributed by atoms with van der Waals surface area (Å²) in [5, 5.41) is 3.21. The van der Waals surface area contributed by atoms with E-state index in [0.717, 1.165) is 5.69 Å². The Kier molecular flexibility index (Phi) is 2.48. The second-order valence-electron chi connectivity index (χ2n) is 2.08. The lowest BCUT2D eigenvalue weighted by Crippen LogP contribution is -2.05. The first kappa shape index (κ1) is 8.07. The summed E-state index contributed by atoms with van der Waals surface area (Å²) in [5.74, 6) is -0.0936. The molecular formula is C7H8N2OS. The van der Waals surface area contributed by atoms with Gasteiger partial charge in [-0.05, 0) is 12.1 Å². The second kappa shape index (κ2) is 3.39. The normalized spacial score (nSPS) is 9.27. The SMILES string of the molecule is CC(=O)Nc1ccnc(S)c1. The molecule has 1 heterocycles. The van der Waals surface area contributed by atoms with Crippen molar-refractivity contribution in [1.29, 1.82) is 0 Å². The minimum absolute atomic E-state index is 0.0936. The van der Waals surface area contributed by atoms with Gasteiger partial charge >= 0.3 is 0 Å². The fourth-order valence-electron chi connectivity index (χ4n) is 0.699. The van der Waals surface area contributed by atoms with Crippen LogP contribution in [0.1, 0.15) is 6.92 Å². The number of nitrogens with one attached hydrogen (secondary N) is 1. The summed E-state index contributed by atoms with van der Waals surface area (Å²) in [6.45, 7) is 1.46. The van der Waals surface area contributed by atoms with Crippen LogP contribution in [0.4, 0.5) is 5.69 Å². The van der Waals surface area contributed by atoms with Crippen LogP contribution in [0.15, 0.2) is 23.4 Å². The van der Waals surface area contributed by atoms with Crippen LogP contribution in [0.2, 0.25) is 0 Å². The standard InChI is InChI=1S/C7H8N2OS/c1-5(10)9-6-2-3-8-7(11)4-6/h2-4H,1H3,(H2,8,9,10,11). The molecule has 0 spiro atoms. The molecule has 1 rings (SSSR count). The minimum Gasteiger partial charge on any atom is -0.326 e. The summed E-state index contributed by atoms with van der Waals surface area (Å²) in [6.07, 6.45) is 1.59. The van der Waals surface area contributed by atoms with Crippen molar-refractivity contribution >= 4 is 24.2 Å². The number of hydrogen-bond acceptors (Lipinski definition) is 3. The van der Waals surface area contributed by atoms with Gasteiger partial charge in [-0.2, -0.15) is 0 Å². The summed E-state index contributed by atoms with van der Waals surface area (Å²) in [5.41, 5.74) is 0.720. The Labute approximate surface area is 70.2 Å². The fraction of sp³-hybridized carbons (Fsp3) is 0.143. The van der Waals surface area contributed by atoms with Crippen LogP contribution in [-0.4, -0.2) is 10.9 Å². The number of pyridine rings is 1. The molecule has 11 heavy (non-hydrogen) atoms. The Morgan fingerprint density at radius 2 is 2.45 bits per heavy atom. The first-order valence-electron chi connectivity index (χ1n) is 3.11. The van der Waals surface area contributed by atoms with E-state index in [1.165, 1.54) is 6.92 Å². The minimum atomic E-state index is -0.0936. The van der Waals surface area contributed by atoms with Crippen molar-refractivity contribution in [3.05, 3.63) is 18.3 Å². The maximum Gasteiger partial charge on any atom is 0.221 e. The van der Waals surface area contributed by atoms with E-state index in [4.69, 9.17) is 0 Å². The van der Waals surface area contributed by atoms with E-state index in [0.29, 0.717) is 5.03 Å². The second-order valence-corrected chi connectivity index (χ2v) is 2.54. The van der Waals surface area contributed by atoms with Crippen molar-refractivity contribution in [3.8, 4) is 0 Å². The van der Waals surface area contributed by atoms with Crippen LogP contribution in [-0.2, 0) is 4.79 Å². The largest absolute Gasteiger partial charge is 0.326 e. The first-order chi connectivity index (χ1) is 5.18. The average molecular weight is 168 g/mol. The zero-order valence-corrected chi connectivity index (χ0v) is 6.93. The van der Waals surface area contributed by atoms with Crippen LogP contribution in [0.3, 0.4) is 0 Å². The highest BCUT2D eigenvalue weighted by Crippen LogP contribution is 2.09. The van der Waals surface area contributed by atoms with E-state index in [9.17, 15) is 4.79 Å². The molecule has 0 saturated heterocycles. The van der Waals surface area contributed by atoms with E-state index in [2.05, 4.69) is 22.9 Å². The third-order valence-electron chi connectivity index (χ3n) is 1.07. The van der Waals surface area contributed by atoms with Crippen molar-refractivity contribution < 1.29 is 4.79 Å². The van der Waals surface area contributed by atoms with Gasteiger partial charge in [-0.25, -0.2) is 0 Å². The maximum atomic E-state index is 10.6. The van der Waals surface area contributed by atoms with Gasteiger partial charge < -0.3 is 5.32 Å². The zero-order chi connectivity index (χ0) is 8.27. The van der Waals surface area contributed by atoms with Crippen molar-refractivity contribution in [2.45, 2.75) is 11.9 Å². The lowest BCUT2D eigenvalue weighted by atomic mass is 10.4. The van der Waals surface area contributed by atoms with Crippen molar-refractivity contribution in [2.75, 3.05) is 5.32 Å². The van der Waals surface area contributed by atoms with Crippen LogP contribution < -0.4 is 5.32 Å². The smallest absolute Gasteiger partial charge is 0.221 e. The van der Waals surface area contributed by atoms with E-state index >= 15 is 0 Å². The molecule has 3 nitrogen and oxygen atoms in total. The van der Waals surface area contributed by atoms with Gasteiger partial charge in [0, 0.05) is 18.8 Å². The van der Waals surface area contributed by atoms with Crippen LogP contribution in [0.25, 0.3) is 0 Å². The molecule has 0 radical (unpaired) electrons. The molecule has 4 heteroatoms. The summed E-state index contributed by atoms with van der Waals surface area (Å²) in [7, 11) is 0. The number of aromatic nitrogens is 1. The predicted octanol–water partition coefficient (Wildman–Crippen LogP) is 1.33. The lowest BCUT2D eigenvalue weighted by molar-refractivity contribution is -0.114. The first-order valence-corrected chi connectivity index (χ1v) is 3.56. The van der Waals surface area contributed by atoms with Crippen molar-refractivity contribution in [2.24, 2.45) is 0 Å². The topological polar surface area (TPSA) is 42.0 Å². The highest BCUT2D eigenvalue weighted by atomic mass is 32.1. The molecular weight excluding hydrogens is 160 g/mol. The van der Waals surface area contributed by atoms with Crippen LogP contribution in [0, 0.1) is 0 Å². The predicted molar refractivity (Wildman–Crippen MR) is 45.8 cm³/mol. The molecule has 0 aromatic carbocycles. The summed E-state index contributed by atoms with van der Waals surface area (Å²) < 4.78 is 0. The molecule has 0 unspecified atom stereocenters. The average Bonchev–Trinajstić information content (AvgIpc) is 1.85. The highest BCUT2D eigenvalue weighted by molar-refractivity contribution is 7.80. The molecule has 0 fully saturated rings. The van der Waals surface area contributed by atoms with E-state index in [1.54, 1.807) is 18.3 Å². The molecule has 0 aliphatic carbocycles. The number of hydrogen-bond donors (Lipinski definition) is 2. The zero-order valence-electron chi connectivity index (χ0n) is 6.03. The van der Waals surface area contributed by atoms with Gasteiger partial charge in [0.05, 0.1) is 5.03 Å². The summed E-state index contributed by atoms with van der Waals surface area (Å²) in [6, 6.07) is 3.39. The van der Waals surface area contributed by atoms with Gasteiger partial charge in [-0.1, -0.05) is 0 Å². The number of carbonyl (C=O) groups excluding carboxylic acids is 1. The number of nitrogens with zero attached hydrogens (tertiary/aromatic N) is 1.